The number of alkyl halides is 2. The molecular weight excluding hydrogens is 552 g/mol. The van der Waals surface area contributed by atoms with Gasteiger partial charge < -0.3 is 10.6 Å². The molecule has 2 aliphatic rings. The van der Waals surface area contributed by atoms with E-state index in [0.717, 1.165) is 12.8 Å². The van der Waals surface area contributed by atoms with Gasteiger partial charge in [0.25, 0.3) is 0 Å². The van der Waals surface area contributed by atoms with Gasteiger partial charge in [0, 0.05) is 60.6 Å². The van der Waals surface area contributed by atoms with Crippen molar-refractivity contribution in [1.29, 1.82) is 0 Å². The molecule has 186 valence electrons. The van der Waals surface area contributed by atoms with Gasteiger partial charge in [0.2, 0.25) is 9.90 Å². The Bertz CT molecular complexity index is 759. The number of rotatable bonds is 11. The highest BCUT2D eigenvalue weighted by Crippen LogP contribution is 2.24. The number of nitrogens with one attached hydrogen (secondary N) is 2. The lowest BCUT2D eigenvalue weighted by atomic mass is 9.95. The molecule has 0 radical (unpaired) electrons. The van der Waals surface area contributed by atoms with Crippen LogP contribution in [0.2, 0.25) is 0 Å². The Morgan fingerprint density at radius 3 is 1.32 bits per heavy atom. The second-order valence-electron chi connectivity index (χ2n) is 10.2. The van der Waals surface area contributed by atoms with Crippen molar-refractivity contribution in [1.82, 2.24) is 0 Å². The molecule has 0 spiro atoms. The lowest BCUT2D eigenvalue weighted by Crippen LogP contribution is -2.36. The Balaban J connectivity index is 1.14. The van der Waals surface area contributed by atoms with Gasteiger partial charge in [0.1, 0.15) is 0 Å². The molecule has 2 fully saturated rings. The number of unbranched alkanes of at least 4 members (excludes halogenated alkanes) is 1. The van der Waals surface area contributed by atoms with E-state index in [9.17, 15) is 0 Å². The summed E-state index contributed by atoms with van der Waals surface area (Å²) in [6, 6.07) is 10.2. The molecule has 34 heavy (non-hydrogen) atoms. The monoisotopic (exact) mass is 592 g/mol. The van der Waals surface area contributed by atoms with Gasteiger partial charge in [-0.2, -0.15) is 9.13 Å². The van der Waals surface area contributed by atoms with E-state index in [1.807, 2.05) is 0 Å². The van der Waals surface area contributed by atoms with Crippen LogP contribution in [0, 0.1) is 0 Å². The van der Waals surface area contributed by atoms with E-state index in [1.54, 1.807) is 0 Å². The van der Waals surface area contributed by atoms with Crippen LogP contribution in [0.15, 0.2) is 49.1 Å². The summed E-state index contributed by atoms with van der Waals surface area (Å²) in [5.74, 6) is 0. The average molecular weight is 594 g/mol. The van der Waals surface area contributed by atoms with E-state index in [2.05, 4.69) is 101 Å². The molecule has 4 rings (SSSR count). The van der Waals surface area contributed by atoms with Crippen LogP contribution in [0.3, 0.4) is 0 Å². The van der Waals surface area contributed by atoms with Gasteiger partial charge in [-0.15, -0.1) is 0 Å². The Morgan fingerprint density at radius 2 is 0.971 bits per heavy atom. The minimum atomic E-state index is 0.350. The SMILES string of the molecule is BrC(CCCCC(Br)[n+]1ccc(NC2CCCCC2)cc1)[n+]1ccc(NC2CCCCC2)cc1. The van der Waals surface area contributed by atoms with Crippen molar-refractivity contribution in [3.8, 4) is 0 Å². The van der Waals surface area contributed by atoms with E-state index in [0.29, 0.717) is 22.0 Å². The van der Waals surface area contributed by atoms with E-state index >= 15 is 0 Å². The molecule has 4 nitrogen and oxygen atoms in total. The van der Waals surface area contributed by atoms with E-state index in [-0.39, 0.29) is 0 Å². The molecule has 2 unspecified atom stereocenters. The molecular formula is C28H42Br2N4+2. The van der Waals surface area contributed by atoms with E-state index in [1.165, 1.54) is 88.4 Å². The Kier molecular flexibility index (Phi) is 10.5. The van der Waals surface area contributed by atoms with Gasteiger partial charge in [0.05, 0.1) is 0 Å². The predicted octanol–water partition coefficient (Wildman–Crippen LogP) is 7.80. The highest BCUT2D eigenvalue weighted by molar-refractivity contribution is 9.09. The van der Waals surface area contributed by atoms with Crippen LogP contribution >= 0.6 is 31.9 Å². The first-order chi connectivity index (χ1) is 16.7. The molecule has 0 saturated heterocycles. The molecule has 2 heterocycles. The third-order valence-corrected chi connectivity index (χ3v) is 9.30. The van der Waals surface area contributed by atoms with Gasteiger partial charge in [0.15, 0.2) is 24.8 Å². The summed E-state index contributed by atoms with van der Waals surface area (Å²) in [7, 11) is 0. The maximum atomic E-state index is 3.89. The van der Waals surface area contributed by atoms with Crippen molar-refractivity contribution < 1.29 is 9.13 Å². The predicted molar refractivity (Wildman–Crippen MR) is 149 cm³/mol. The van der Waals surface area contributed by atoms with Crippen LogP contribution < -0.4 is 19.8 Å². The van der Waals surface area contributed by atoms with E-state index < -0.39 is 0 Å². The Hall–Kier alpha value is -1.14. The molecule has 2 saturated carbocycles. The zero-order chi connectivity index (χ0) is 23.6. The van der Waals surface area contributed by atoms with Gasteiger partial charge in [-0.05, 0) is 70.4 Å². The first-order valence-corrected chi connectivity index (χ1v) is 15.3. The molecule has 2 N–H and O–H groups in total. The average Bonchev–Trinajstić information content (AvgIpc) is 2.88. The Morgan fingerprint density at radius 1 is 0.618 bits per heavy atom. The highest BCUT2D eigenvalue weighted by atomic mass is 79.9. The minimum Gasteiger partial charge on any atom is -0.382 e. The fraction of sp³-hybridized carbons (Fsp3) is 0.643. The van der Waals surface area contributed by atoms with Crippen LogP contribution in [-0.2, 0) is 0 Å². The van der Waals surface area contributed by atoms with Gasteiger partial charge >= 0.3 is 0 Å². The maximum Gasteiger partial charge on any atom is 0.211 e. The van der Waals surface area contributed by atoms with Crippen molar-refractivity contribution in [2.24, 2.45) is 0 Å². The fourth-order valence-corrected chi connectivity index (χ4v) is 6.52. The summed E-state index contributed by atoms with van der Waals surface area (Å²) < 4.78 is 4.56. The molecule has 2 aromatic heterocycles. The second-order valence-corrected chi connectivity index (χ2v) is 12.3. The number of hydrogen-bond donors (Lipinski definition) is 2. The van der Waals surface area contributed by atoms with Crippen LogP contribution in [0.25, 0.3) is 0 Å². The van der Waals surface area contributed by atoms with Crippen molar-refractivity contribution in [2.75, 3.05) is 10.6 Å². The molecule has 0 amide bonds. The number of pyridine rings is 2. The van der Waals surface area contributed by atoms with Crippen LogP contribution in [0.5, 0.6) is 0 Å². The third-order valence-electron chi connectivity index (χ3n) is 7.44. The molecule has 2 aliphatic carbocycles. The van der Waals surface area contributed by atoms with Gasteiger partial charge in [-0.1, -0.05) is 38.5 Å². The summed E-state index contributed by atoms with van der Waals surface area (Å²) in [4.78, 5) is 0.700. The minimum absolute atomic E-state index is 0.350. The second kappa shape index (κ2) is 13.8. The first-order valence-electron chi connectivity index (χ1n) is 13.5. The summed E-state index contributed by atoms with van der Waals surface area (Å²) >= 11 is 7.78. The largest absolute Gasteiger partial charge is 0.382 e. The number of halogens is 2. The van der Waals surface area contributed by atoms with Crippen LogP contribution in [0.1, 0.15) is 99.8 Å². The van der Waals surface area contributed by atoms with E-state index in [4.69, 9.17) is 0 Å². The molecule has 0 aliphatic heterocycles. The summed E-state index contributed by atoms with van der Waals surface area (Å²) in [6.45, 7) is 0. The quantitative estimate of drug-likeness (QED) is 0.158. The maximum absolute atomic E-state index is 3.89. The Labute approximate surface area is 223 Å². The zero-order valence-electron chi connectivity index (χ0n) is 20.5. The standard InChI is InChI=1S/C28H40Br2N4/c29-27(33-19-15-25(16-20-33)31-23-9-3-1-4-10-23)13-7-8-14-28(30)34-21-17-26(18-22-34)32-24-11-5-2-6-12-24/h15-24,27-28H,1-14H2/p+2. The smallest absolute Gasteiger partial charge is 0.211 e. The van der Waals surface area contributed by atoms with Crippen molar-refractivity contribution >= 4 is 43.2 Å². The lowest BCUT2D eigenvalue weighted by molar-refractivity contribution is -0.699. The number of hydrogen-bond acceptors (Lipinski definition) is 2. The zero-order valence-corrected chi connectivity index (χ0v) is 23.7. The van der Waals surface area contributed by atoms with Crippen molar-refractivity contribution in [3.63, 3.8) is 0 Å². The molecule has 6 heteroatoms. The molecule has 0 aromatic carbocycles. The summed E-state index contributed by atoms with van der Waals surface area (Å²) in [6.07, 6.45) is 27.0. The number of anilines is 2. The third kappa shape index (κ3) is 8.22. The topological polar surface area (TPSA) is 31.8 Å². The van der Waals surface area contributed by atoms with Crippen LogP contribution in [-0.4, -0.2) is 12.1 Å². The van der Waals surface area contributed by atoms with Crippen LogP contribution in [0.4, 0.5) is 11.4 Å². The first kappa shape index (κ1) is 25.9. The molecule has 2 aromatic rings. The molecule has 2 atom stereocenters. The highest BCUT2D eigenvalue weighted by Gasteiger charge is 2.19. The van der Waals surface area contributed by atoms with Crippen molar-refractivity contribution in [3.05, 3.63) is 49.1 Å². The van der Waals surface area contributed by atoms with Gasteiger partial charge in [-0.3, -0.25) is 0 Å². The summed E-state index contributed by atoms with van der Waals surface area (Å²) in [5.41, 5.74) is 2.50. The normalized spacial score (nSPS) is 19.5. The number of aromatic nitrogens is 2. The molecule has 0 bridgehead atoms. The number of nitrogens with zero attached hydrogens (tertiary/aromatic N) is 2. The fourth-order valence-electron chi connectivity index (χ4n) is 5.33. The summed E-state index contributed by atoms with van der Waals surface area (Å²) in [5, 5.41) is 7.42. The lowest BCUT2D eigenvalue weighted by Gasteiger charge is -2.23. The van der Waals surface area contributed by atoms with Gasteiger partial charge in [-0.25, -0.2) is 0 Å². The van der Waals surface area contributed by atoms with Crippen molar-refractivity contribution in [2.45, 2.75) is 112 Å².